The minimum Gasteiger partial charge on any atom is -0.494 e. The maximum Gasteiger partial charge on any atom is 0.343 e. The van der Waals surface area contributed by atoms with Gasteiger partial charge in [-0.2, -0.15) is 10.2 Å². The molecule has 0 heterocycles. The zero-order valence-electron chi connectivity index (χ0n) is 20.7. The smallest absolute Gasteiger partial charge is 0.343 e. The number of azo groups is 1. The first-order chi connectivity index (χ1) is 17.5. The van der Waals surface area contributed by atoms with Crippen molar-refractivity contribution in [3.05, 3.63) is 88.0 Å². The molecule has 0 aliphatic carbocycles. The summed E-state index contributed by atoms with van der Waals surface area (Å²) in [6, 6.07) is 17.8. The van der Waals surface area contributed by atoms with Crippen molar-refractivity contribution in [1.82, 2.24) is 0 Å². The van der Waals surface area contributed by atoms with Gasteiger partial charge in [-0.1, -0.05) is 39.0 Å². The Morgan fingerprint density at radius 3 is 2.19 bits per heavy atom. The fourth-order valence-corrected chi connectivity index (χ4v) is 3.48. The molecule has 3 rings (SSSR count). The molecule has 3 aromatic carbocycles. The fraction of sp³-hybridized carbons (Fsp3) is 0.321. The van der Waals surface area contributed by atoms with Crippen LogP contribution in [-0.4, -0.2) is 17.5 Å². The summed E-state index contributed by atoms with van der Waals surface area (Å²) in [6.45, 7) is 4.78. The molecule has 0 unspecified atom stereocenters. The normalized spacial score (nSPS) is 10.9. The van der Waals surface area contributed by atoms with E-state index in [1.165, 1.54) is 56.4 Å². The van der Waals surface area contributed by atoms with Crippen LogP contribution >= 0.6 is 0 Å². The SMILES string of the molecule is CCCCCCCCOc1ccc(N=Nc2ccc(OC(=O)c3ccc([N+](=O)[O-])cc3)cc2C)cc1. The Balaban J connectivity index is 1.50. The summed E-state index contributed by atoms with van der Waals surface area (Å²) in [5, 5.41) is 19.3. The molecule has 0 radical (unpaired) electrons. The van der Waals surface area contributed by atoms with Crippen molar-refractivity contribution in [2.75, 3.05) is 6.61 Å². The van der Waals surface area contributed by atoms with Crippen LogP contribution in [0.5, 0.6) is 11.5 Å². The van der Waals surface area contributed by atoms with Crippen LogP contribution in [0.4, 0.5) is 17.1 Å². The van der Waals surface area contributed by atoms with E-state index in [1.54, 1.807) is 18.2 Å². The number of unbranched alkanes of at least 4 members (excludes halogenated alkanes) is 5. The zero-order valence-corrected chi connectivity index (χ0v) is 20.7. The Bertz CT molecular complexity index is 1170. The molecular formula is C28H31N3O5. The molecule has 188 valence electrons. The van der Waals surface area contributed by atoms with Crippen LogP contribution in [0.3, 0.4) is 0 Å². The highest BCUT2D eigenvalue weighted by molar-refractivity contribution is 5.91. The monoisotopic (exact) mass is 489 g/mol. The van der Waals surface area contributed by atoms with Crippen molar-refractivity contribution in [2.45, 2.75) is 52.4 Å². The number of rotatable bonds is 13. The molecule has 3 aromatic rings. The first-order valence-electron chi connectivity index (χ1n) is 12.2. The van der Waals surface area contributed by atoms with E-state index in [-0.39, 0.29) is 11.3 Å². The van der Waals surface area contributed by atoms with Crippen LogP contribution in [-0.2, 0) is 0 Å². The number of carbonyl (C=O) groups excluding carboxylic acids is 1. The van der Waals surface area contributed by atoms with Crippen LogP contribution in [0.25, 0.3) is 0 Å². The second kappa shape index (κ2) is 13.7. The Morgan fingerprint density at radius 2 is 1.53 bits per heavy atom. The molecule has 0 aliphatic heterocycles. The number of hydrogen-bond donors (Lipinski definition) is 0. The Labute approximate surface area is 211 Å². The van der Waals surface area contributed by atoms with Crippen LogP contribution in [0.15, 0.2) is 77.0 Å². The number of nitrogens with zero attached hydrogens (tertiary/aromatic N) is 3. The molecule has 36 heavy (non-hydrogen) atoms. The van der Waals surface area contributed by atoms with Gasteiger partial charge in [-0.15, -0.1) is 0 Å². The number of nitro groups is 1. The van der Waals surface area contributed by atoms with Gasteiger partial charge in [-0.05, 0) is 73.5 Å². The first kappa shape index (κ1) is 26.5. The minimum absolute atomic E-state index is 0.0903. The maximum atomic E-state index is 12.3. The predicted octanol–water partition coefficient (Wildman–Crippen LogP) is 8.28. The first-order valence-corrected chi connectivity index (χ1v) is 12.2. The van der Waals surface area contributed by atoms with Crippen LogP contribution < -0.4 is 9.47 Å². The van der Waals surface area contributed by atoms with Gasteiger partial charge in [0.05, 0.1) is 28.5 Å². The minimum atomic E-state index is -0.600. The lowest BCUT2D eigenvalue weighted by Gasteiger charge is -2.07. The van der Waals surface area contributed by atoms with E-state index in [0.717, 1.165) is 17.7 Å². The molecule has 0 saturated carbocycles. The number of esters is 1. The standard InChI is InChI=1S/C28H31N3O5/c1-3-4-5-6-7-8-19-35-25-15-11-23(12-16-25)29-30-27-18-17-26(20-21(27)2)36-28(32)22-9-13-24(14-10-22)31(33)34/h9-18,20H,3-8,19H2,1-2H3. The van der Waals surface area contributed by atoms with Gasteiger partial charge in [-0.25, -0.2) is 4.79 Å². The summed E-state index contributed by atoms with van der Waals surface area (Å²) < 4.78 is 11.2. The number of aryl methyl sites for hydroxylation is 1. The lowest BCUT2D eigenvalue weighted by Crippen LogP contribution is -2.08. The number of nitro benzene ring substituents is 1. The predicted molar refractivity (Wildman–Crippen MR) is 139 cm³/mol. The summed E-state index contributed by atoms with van der Waals surface area (Å²) in [5.41, 5.74) is 2.27. The van der Waals surface area contributed by atoms with Crippen molar-refractivity contribution in [2.24, 2.45) is 10.2 Å². The van der Waals surface area contributed by atoms with Gasteiger partial charge >= 0.3 is 5.97 Å². The molecule has 8 nitrogen and oxygen atoms in total. The third kappa shape index (κ3) is 8.30. The molecule has 0 amide bonds. The lowest BCUT2D eigenvalue weighted by atomic mass is 10.1. The van der Waals surface area contributed by atoms with Crippen molar-refractivity contribution in [3.63, 3.8) is 0 Å². The van der Waals surface area contributed by atoms with Gasteiger partial charge in [0.15, 0.2) is 0 Å². The van der Waals surface area contributed by atoms with Crippen molar-refractivity contribution in [3.8, 4) is 11.5 Å². The van der Waals surface area contributed by atoms with E-state index in [2.05, 4.69) is 17.2 Å². The quantitative estimate of drug-likeness (QED) is 0.0600. The van der Waals surface area contributed by atoms with E-state index in [9.17, 15) is 14.9 Å². The Kier molecular flexibility index (Phi) is 10.1. The largest absolute Gasteiger partial charge is 0.494 e. The number of ether oxygens (including phenoxy) is 2. The Hall–Kier alpha value is -4.07. The van der Waals surface area contributed by atoms with Crippen molar-refractivity contribution in [1.29, 1.82) is 0 Å². The topological polar surface area (TPSA) is 103 Å². The van der Waals surface area contributed by atoms with Crippen LogP contribution in [0, 0.1) is 17.0 Å². The third-order valence-electron chi connectivity index (χ3n) is 5.57. The van der Waals surface area contributed by atoms with Gasteiger partial charge in [0.25, 0.3) is 5.69 Å². The summed E-state index contributed by atoms with van der Waals surface area (Å²) in [7, 11) is 0. The highest BCUT2D eigenvalue weighted by Gasteiger charge is 2.12. The summed E-state index contributed by atoms with van der Waals surface area (Å²) >= 11 is 0. The summed E-state index contributed by atoms with van der Waals surface area (Å²) in [6.07, 6.45) is 7.38. The summed E-state index contributed by atoms with van der Waals surface area (Å²) in [5.74, 6) is 0.567. The average molecular weight is 490 g/mol. The second-order valence-electron chi connectivity index (χ2n) is 8.45. The van der Waals surface area contributed by atoms with Crippen LogP contribution in [0.1, 0.15) is 61.4 Å². The maximum absolute atomic E-state index is 12.3. The highest BCUT2D eigenvalue weighted by atomic mass is 16.6. The molecule has 0 bridgehead atoms. The lowest BCUT2D eigenvalue weighted by molar-refractivity contribution is -0.384. The molecule has 0 aliphatic rings. The number of benzene rings is 3. The molecule has 0 spiro atoms. The van der Waals surface area contributed by atoms with E-state index >= 15 is 0 Å². The summed E-state index contributed by atoms with van der Waals surface area (Å²) in [4.78, 5) is 22.6. The molecule has 0 atom stereocenters. The molecule has 8 heteroatoms. The van der Waals surface area contributed by atoms with E-state index < -0.39 is 10.9 Å². The number of non-ortho nitro benzene ring substituents is 1. The molecule has 0 fully saturated rings. The molecule has 0 saturated heterocycles. The van der Waals surface area contributed by atoms with E-state index in [0.29, 0.717) is 23.7 Å². The van der Waals surface area contributed by atoms with Gasteiger partial charge < -0.3 is 9.47 Å². The Morgan fingerprint density at radius 1 is 0.861 bits per heavy atom. The highest BCUT2D eigenvalue weighted by Crippen LogP contribution is 2.27. The zero-order chi connectivity index (χ0) is 25.8. The van der Waals surface area contributed by atoms with Crippen molar-refractivity contribution < 1.29 is 19.2 Å². The third-order valence-corrected chi connectivity index (χ3v) is 5.57. The van der Waals surface area contributed by atoms with Gasteiger partial charge in [0.1, 0.15) is 11.5 Å². The van der Waals surface area contributed by atoms with Gasteiger partial charge in [0, 0.05) is 12.1 Å². The van der Waals surface area contributed by atoms with Crippen molar-refractivity contribution >= 4 is 23.0 Å². The molecule has 0 aromatic heterocycles. The van der Waals surface area contributed by atoms with Gasteiger partial charge in [-0.3, -0.25) is 10.1 Å². The van der Waals surface area contributed by atoms with Gasteiger partial charge in [0.2, 0.25) is 0 Å². The molecular weight excluding hydrogens is 458 g/mol. The fourth-order valence-electron chi connectivity index (χ4n) is 3.48. The van der Waals surface area contributed by atoms with E-state index in [4.69, 9.17) is 9.47 Å². The molecule has 0 N–H and O–H groups in total. The average Bonchev–Trinajstić information content (AvgIpc) is 2.88. The number of carbonyl (C=O) groups is 1. The van der Waals surface area contributed by atoms with E-state index in [1.807, 2.05) is 31.2 Å². The number of hydrogen-bond acceptors (Lipinski definition) is 7. The van der Waals surface area contributed by atoms with Crippen LogP contribution in [0.2, 0.25) is 0 Å². The second-order valence-corrected chi connectivity index (χ2v) is 8.45.